The summed E-state index contributed by atoms with van der Waals surface area (Å²) in [6.45, 7) is 2.09. The van der Waals surface area contributed by atoms with Crippen molar-refractivity contribution < 1.29 is 14.3 Å². The lowest BCUT2D eigenvalue weighted by Crippen LogP contribution is -2.25. The monoisotopic (exact) mass is 314 g/mol. The lowest BCUT2D eigenvalue weighted by atomic mass is 10.1. The third-order valence-electron chi connectivity index (χ3n) is 3.03. The minimum absolute atomic E-state index is 0.00742. The number of ether oxygens (including phenoxy) is 1. The molecular formula is C13H15ClN2O3S. The molecule has 7 heteroatoms. The predicted molar refractivity (Wildman–Crippen MR) is 79.4 cm³/mol. The molecule has 0 bridgehead atoms. The summed E-state index contributed by atoms with van der Waals surface area (Å²) < 4.78 is 4.99. The molecule has 2 rings (SSSR count). The Morgan fingerprint density at radius 2 is 2.35 bits per heavy atom. The zero-order chi connectivity index (χ0) is 14.7. The van der Waals surface area contributed by atoms with E-state index in [1.165, 1.54) is 25.8 Å². The molecule has 0 spiro atoms. The minimum Gasteiger partial charge on any atom is -0.481 e. The Kier molecular flexibility index (Phi) is 4.88. The number of carbonyl (C=O) groups excluding carboxylic acids is 2. The standard InChI is InChI=1S/C13H15ClN2O3S/c1-8(17)20-7-9-5-12(18)16(6-9)10-3-4-11(19-2)15-13(10)14/h3-4,9H,5-7H2,1-2H3. The van der Waals surface area contributed by atoms with Gasteiger partial charge in [-0.3, -0.25) is 9.59 Å². The second kappa shape index (κ2) is 6.45. The van der Waals surface area contributed by atoms with Crippen LogP contribution in [-0.4, -0.2) is 35.4 Å². The van der Waals surface area contributed by atoms with Gasteiger partial charge in [0, 0.05) is 31.7 Å². The molecule has 1 atom stereocenters. The van der Waals surface area contributed by atoms with Crippen molar-refractivity contribution in [1.82, 2.24) is 4.98 Å². The van der Waals surface area contributed by atoms with Gasteiger partial charge in [0.1, 0.15) is 0 Å². The van der Waals surface area contributed by atoms with E-state index >= 15 is 0 Å². The molecule has 1 unspecified atom stereocenters. The Morgan fingerprint density at radius 3 is 2.95 bits per heavy atom. The fourth-order valence-corrected chi connectivity index (χ4v) is 3.03. The van der Waals surface area contributed by atoms with E-state index in [9.17, 15) is 9.59 Å². The average Bonchev–Trinajstić information content (AvgIpc) is 2.77. The Balaban J connectivity index is 2.09. The summed E-state index contributed by atoms with van der Waals surface area (Å²) in [5, 5.41) is 0.317. The molecule has 0 aromatic carbocycles. The third kappa shape index (κ3) is 3.43. The first-order chi connectivity index (χ1) is 9.51. The number of hydrogen-bond donors (Lipinski definition) is 0. The quantitative estimate of drug-likeness (QED) is 0.799. The maximum Gasteiger partial charge on any atom is 0.227 e. The van der Waals surface area contributed by atoms with Crippen molar-refractivity contribution >= 4 is 40.1 Å². The van der Waals surface area contributed by atoms with E-state index in [0.29, 0.717) is 30.3 Å². The number of methoxy groups -OCH3 is 1. The van der Waals surface area contributed by atoms with Crippen LogP contribution in [0.15, 0.2) is 12.1 Å². The zero-order valence-corrected chi connectivity index (χ0v) is 12.8. The Hall–Kier alpha value is -1.27. The van der Waals surface area contributed by atoms with Crippen LogP contribution in [0.3, 0.4) is 0 Å². The number of pyridine rings is 1. The summed E-state index contributed by atoms with van der Waals surface area (Å²) in [4.78, 5) is 28.7. The van der Waals surface area contributed by atoms with Crippen molar-refractivity contribution in [1.29, 1.82) is 0 Å². The third-order valence-corrected chi connectivity index (χ3v) is 4.35. The van der Waals surface area contributed by atoms with Crippen LogP contribution in [0.5, 0.6) is 5.88 Å². The van der Waals surface area contributed by atoms with Gasteiger partial charge in [0.05, 0.1) is 12.8 Å². The molecule has 5 nitrogen and oxygen atoms in total. The number of carbonyl (C=O) groups is 2. The van der Waals surface area contributed by atoms with Crippen molar-refractivity contribution in [2.45, 2.75) is 13.3 Å². The Bertz CT molecular complexity index is 538. The SMILES string of the molecule is COc1ccc(N2CC(CSC(C)=O)CC2=O)c(Cl)n1. The number of amides is 1. The normalized spacial score (nSPS) is 18.4. The van der Waals surface area contributed by atoms with E-state index in [-0.39, 0.29) is 22.1 Å². The summed E-state index contributed by atoms with van der Waals surface area (Å²) in [5.41, 5.74) is 0.591. The molecule has 2 heterocycles. The first-order valence-electron chi connectivity index (χ1n) is 6.15. The van der Waals surface area contributed by atoms with Gasteiger partial charge in [-0.25, -0.2) is 0 Å². The number of hydrogen-bond acceptors (Lipinski definition) is 5. The average molecular weight is 315 g/mol. The highest BCUT2D eigenvalue weighted by atomic mass is 35.5. The number of rotatable bonds is 4. The molecule has 20 heavy (non-hydrogen) atoms. The fraction of sp³-hybridized carbons (Fsp3) is 0.462. The molecule has 0 saturated carbocycles. The fourth-order valence-electron chi connectivity index (χ4n) is 2.09. The zero-order valence-electron chi connectivity index (χ0n) is 11.3. The molecule has 1 aromatic rings. The van der Waals surface area contributed by atoms with Crippen LogP contribution in [0.4, 0.5) is 5.69 Å². The summed E-state index contributed by atoms with van der Waals surface area (Å²) in [6.07, 6.45) is 0.433. The van der Waals surface area contributed by atoms with E-state index in [0.717, 1.165) is 0 Å². The topological polar surface area (TPSA) is 59.5 Å². The van der Waals surface area contributed by atoms with Crippen molar-refractivity contribution in [3.05, 3.63) is 17.3 Å². The number of anilines is 1. The largest absolute Gasteiger partial charge is 0.481 e. The smallest absolute Gasteiger partial charge is 0.227 e. The minimum atomic E-state index is 0.00742. The highest BCUT2D eigenvalue weighted by molar-refractivity contribution is 8.13. The van der Waals surface area contributed by atoms with Crippen LogP contribution in [0.2, 0.25) is 5.15 Å². The van der Waals surface area contributed by atoms with Crippen LogP contribution in [0.1, 0.15) is 13.3 Å². The molecule has 0 radical (unpaired) electrons. The Morgan fingerprint density at radius 1 is 1.60 bits per heavy atom. The molecule has 0 aliphatic carbocycles. The van der Waals surface area contributed by atoms with Crippen molar-refractivity contribution in [3.8, 4) is 5.88 Å². The molecule has 1 saturated heterocycles. The number of thioether (sulfide) groups is 1. The number of aromatic nitrogens is 1. The van der Waals surface area contributed by atoms with Crippen LogP contribution < -0.4 is 9.64 Å². The van der Waals surface area contributed by atoms with E-state index in [1.807, 2.05) is 0 Å². The van der Waals surface area contributed by atoms with Gasteiger partial charge >= 0.3 is 0 Å². The summed E-state index contributed by atoms with van der Waals surface area (Å²) in [7, 11) is 1.51. The number of halogens is 1. The van der Waals surface area contributed by atoms with Gasteiger partial charge in [-0.15, -0.1) is 0 Å². The molecule has 1 aliphatic rings. The second-order valence-corrected chi connectivity index (χ2v) is 6.10. The molecule has 0 N–H and O–H groups in total. The van der Waals surface area contributed by atoms with Gasteiger partial charge in [-0.05, 0) is 12.0 Å². The van der Waals surface area contributed by atoms with Gasteiger partial charge in [0.25, 0.3) is 0 Å². The summed E-state index contributed by atoms with van der Waals surface area (Å²) in [5.74, 6) is 1.23. The van der Waals surface area contributed by atoms with Crippen molar-refractivity contribution in [2.24, 2.45) is 5.92 Å². The van der Waals surface area contributed by atoms with E-state index < -0.39 is 0 Å². The molecule has 1 amide bonds. The molecule has 1 aromatic heterocycles. The molecule has 1 aliphatic heterocycles. The maximum atomic E-state index is 12.1. The van der Waals surface area contributed by atoms with Gasteiger partial charge in [0.15, 0.2) is 10.3 Å². The maximum absolute atomic E-state index is 12.1. The Labute approximate surface area is 126 Å². The highest BCUT2D eigenvalue weighted by Gasteiger charge is 2.32. The van der Waals surface area contributed by atoms with E-state index in [1.54, 1.807) is 17.0 Å². The van der Waals surface area contributed by atoms with Crippen molar-refractivity contribution in [2.75, 3.05) is 24.3 Å². The highest BCUT2D eigenvalue weighted by Crippen LogP contribution is 2.32. The molecule has 1 fully saturated rings. The van der Waals surface area contributed by atoms with Gasteiger partial charge in [-0.2, -0.15) is 4.98 Å². The van der Waals surface area contributed by atoms with Crippen LogP contribution in [0.25, 0.3) is 0 Å². The van der Waals surface area contributed by atoms with Gasteiger partial charge in [0.2, 0.25) is 11.8 Å². The second-order valence-electron chi connectivity index (χ2n) is 4.54. The predicted octanol–water partition coefficient (Wildman–Crippen LogP) is 2.38. The van der Waals surface area contributed by atoms with E-state index in [2.05, 4.69) is 4.98 Å². The van der Waals surface area contributed by atoms with Gasteiger partial charge in [-0.1, -0.05) is 23.4 Å². The summed E-state index contributed by atoms with van der Waals surface area (Å²) >= 11 is 7.34. The first kappa shape index (κ1) is 15.1. The van der Waals surface area contributed by atoms with Crippen LogP contribution >= 0.6 is 23.4 Å². The van der Waals surface area contributed by atoms with E-state index in [4.69, 9.17) is 16.3 Å². The molecular weight excluding hydrogens is 300 g/mol. The lowest BCUT2D eigenvalue weighted by Gasteiger charge is -2.17. The van der Waals surface area contributed by atoms with Crippen molar-refractivity contribution in [3.63, 3.8) is 0 Å². The van der Waals surface area contributed by atoms with Gasteiger partial charge < -0.3 is 9.64 Å². The summed E-state index contributed by atoms with van der Waals surface area (Å²) in [6, 6.07) is 3.40. The molecule has 108 valence electrons. The first-order valence-corrected chi connectivity index (χ1v) is 7.52. The number of nitrogens with zero attached hydrogens (tertiary/aromatic N) is 2. The van der Waals surface area contributed by atoms with Crippen LogP contribution in [-0.2, 0) is 9.59 Å². The lowest BCUT2D eigenvalue weighted by molar-refractivity contribution is -0.117. The van der Waals surface area contributed by atoms with Crippen LogP contribution in [0, 0.1) is 5.92 Å².